The molecule has 1 rings (SSSR count). The zero-order valence-corrected chi connectivity index (χ0v) is 8.01. The minimum Gasteiger partial charge on any atom is -0.293 e. The van der Waals surface area contributed by atoms with Crippen LogP contribution < -0.4 is 0 Å². The van der Waals surface area contributed by atoms with Crippen molar-refractivity contribution in [3.63, 3.8) is 0 Å². The van der Waals surface area contributed by atoms with Crippen molar-refractivity contribution in [3.05, 3.63) is 34.3 Å². The highest BCUT2D eigenvalue weighted by Gasteiger charge is 1.91. The lowest BCUT2D eigenvalue weighted by Crippen LogP contribution is -1.82. The van der Waals surface area contributed by atoms with E-state index < -0.39 is 0 Å². The average Bonchev–Trinajstić information content (AvgIpc) is 2.03. The van der Waals surface area contributed by atoms with Crippen molar-refractivity contribution in [2.45, 2.75) is 6.92 Å². The first-order valence-corrected chi connectivity index (χ1v) is 4.38. The van der Waals surface area contributed by atoms with Crippen molar-refractivity contribution in [3.8, 4) is 0 Å². The van der Waals surface area contributed by atoms with Crippen molar-refractivity contribution in [1.82, 2.24) is 0 Å². The Bertz CT molecular complexity index is 255. The molecule has 58 valence electrons. The van der Waals surface area contributed by atoms with Crippen LogP contribution in [-0.2, 0) is 0 Å². The number of rotatable bonds is 2. The van der Waals surface area contributed by atoms with E-state index in [0.717, 1.165) is 16.6 Å². The summed E-state index contributed by atoms with van der Waals surface area (Å²) in [4.78, 5) is 4.15. The lowest BCUT2D eigenvalue weighted by molar-refractivity contribution is 1.14. The van der Waals surface area contributed by atoms with E-state index in [0.29, 0.717) is 0 Å². The monoisotopic (exact) mass is 211 g/mol. The van der Waals surface area contributed by atoms with E-state index in [1.54, 1.807) is 0 Å². The molecule has 11 heavy (non-hydrogen) atoms. The highest BCUT2D eigenvalue weighted by Crippen LogP contribution is 2.13. The van der Waals surface area contributed by atoms with Crippen LogP contribution in [0.15, 0.2) is 33.7 Å². The minimum atomic E-state index is 0.835. The fourth-order valence-electron chi connectivity index (χ4n) is 0.769. The molecule has 1 nitrogen and oxygen atoms in total. The third kappa shape index (κ3) is 2.46. The van der Waals surface area contributed by atoms with Crippen LogP contribution in [0.2, 0.25) is 0 Å². The van der Waals surface area contributed by atoms with Gasteiger partial charge in [0.15, 0.2) is 0 Å². The van der Waals surface area contributed by atoms with Gasteiger partial charge in [0.25, 0.3) is 0 Å². The average molecular weight is 212 g/mol. The summed E-state index contributed by atoms with van der Waals surface area (Å²) in [6.45, 7) is 2.86. The van der Waals surface area contributed by atoms with Gasteiger partial charge in [0, 0.05) is 22.8 Å². The molecule has 0 unspecified atom stereocenters. The molecular weight excluding hydrogens is 202 g/mol. The summed E-state index contributed by atoms with van der Waals surface area (Å²) in [7, 11) is 0. The zero-order valence-electron chi connectivity index (χ0n) is 6.42. The third-order valence-corrected chi connectivity index (χ3v) is 2.04. The highest BCUT2D eigenvalue weighted by atomic mass is 79.9. The molecule has 0 aliphatic rings. The maximum Gasteiger partial charge on any atom is 0.0361 e. The van der Waals surface area contributed by atoms with E-state index in [4.69, 9.17) is 0 Å². The zero-order chi connectivity index (χ0) is 8.10. The van der Waals surface area contributed by atoms with Gasteiger partial charge in [-0.05, 0) is 13.0 Å². The number of aliphatic imine (C=N–C) groups is 1. The van der Waals surface area contributed by atoms with Crippen molar-refractivity contribution < 1.29 is 0 Å². The molecular formula is C9H10BrN. The Labute approximate surface area is 75.3 Å². The van der Waals surface area contributed by atoms with Crippen molar-refractivity contribution in [2.75, 3.05) is 6.54 Å². The minimum absolute atomic E-state index is 0.835. The third-order valence-electron chi connectivity index (χ3n) is 1.32. The topological polar surface area (TPSA) is 12.4 Å². The van der Waals surface area contributed by atoms with Crippen LogP contribution in [0.3, 0.4) is 0 Å². The van der Waals surface area contributed by atoms with E-state index in [2.05, 4.69) is 20.9 Å². The molecule has 0 saturated carbocycles. The van der Waals surface area contributed by atoms with Gasteiger partial charge in [0.1, 0.15) is 0 Å². The van der Waals surface area contributed by atoms with Gasteiger partial charge >= 0.3 is 0 Å². The Morgan fingerprint density at radius 1 is 1.45 bits per heavy atom. The van der Waals surface area contributed by atoms with Gasteiger partial charge in [-0.2, -0.15) is 0 Å². The van der Waals surface area contributed by atoms with E-state index in [1.165, 1.54) is 0 Å². The predicted octanol–water partition coefficient (Wildman–Crippen LogP) is 2.89. The first kappa shape index (κ1) is 8.47. The smallest absolute Gasteiger partial charge is 0.0361 e. The van der Waals surface area contributed by atoms with Gasteiger partial charge in [-0.15, -0.1) is 0 Å². The SMILES string of the molecule is CC/N=C/c1ccccc1Br. The van der Waals surface area contributed by atoms with Gasteiger partial charge in [-0.3, -0.25) is 4.99 Å². The van der Waals surface area contributed by atoms with E-state index in [1.807, 2.05) is 37.4 Å². The van der Waals surface area contributed by atoms with Gasteiger partial charge in [0.2, 0.25) is 0 Å². The van der Waals surface area contributed by atoms with Crippen LogP contribution in [0.4, 0.5) is 0 Å². The van der Waals surface area contributed by atoms with Gasteiger partial charge in [-0.1, -0.05) is 34.1 Å². The van der Waals surface area contributed by atoms with E-state index in [-0.39, 0.29) is 0 Å². The summed E-state index contributed by atoms with van der Waals surface area (Å²) in [5, 5.41) is 0. The van der Waals surface area contributed by atoms with Crippen LogP contribution in [0.25, 0.3) is 0 Å². The quantitative estimate of drug-likeness (QED) is 0.668. The molecule has 2 heteroatoms. The predicted molar refractivity (Wildman–Crippen MR) is 52.3 cm³/mol. The van der Waals surface area contributed by atoms with Crippen molar-refractivity contribution in [1.29, 1.82) is 0 Å². The largest absolute Gasteiger partial charge is 0.293 e. The lowest BCUT2D eigenvalue weighted by Gasteiger charge is -1.94. The summed E-state index contributed by atoms with van der Waals surface area (Å²) in [6, 6.07) is 8.04. The van der Waals surface area contributed by atoms with Gasteiger partial charge in [-0.25, -0.2) is 0 Å². The molecule has 0 bridgehead atoms. The fraction of sp³-hybridized carbons (Fsp3) is 0.222. The normalized spacial score (nSPS) is 10.7. The maximum absolute atomic E-state index is 4.15. The molecule has 0 aliphatic carbocycles. The summed E-state index contributed by atoms with van der Waals surface area (Å²) in [5.74, 6) is 0. The standard InChI is InChI=1S/C9H10BrN/c1-2-11-7-8-5-3-4-6-9(8)10/h3-7H,2H2,1H3/b11-7+. The molecule has 0 fully saturated rings. The Hall–Kier alpha value is -0.630. The van der Waals surface area contributed by atoms with Gasteiger partial charge in [0.05, 0.1) is 0 Å². The number of halogens is 1. The second kappa shape index (κ2) is 4.29. The molecule has 0 aromatic heterocycles. The second-order valence-corrected chi connectivity index (χ2v) is 3.00. The van der Waals surface area contributed by atoms with E-state index >= 15 is 0 Å². The Balaban J connectivity index is 2.86. The lowest BCUT2D eigenvalue weighted by atomic mass is 10.2. The number of hydrogen-bond acceptors (Lipinski definition) is 1. The Morgan fingerprint density at radius 3 is 2.82 bits per heavy atom. The van der Waals surface area contributed by atoms with Crippen LogP contribution in [0, 0.1) is 0 Å². The second-order valence-electron chi connectivity index (χ2n) is 2.15. The van der Waals surface area contributed by atoms with Crippen LogP contribution in [0.5, 0.6) is 0 Å². The van der Waals surface area contributed by atoms with Crippen molar-refractivity contribution >= 4 is 22.1 Å². The van der Waals surface area contributed by atoms with Crippen LogP contribution in [-0.4, -0.2) is 12.8 Å². The molecule has 1 aromatic carbocycles. The molecule has 0 radical (unpaired) electrons. The van der Waals surface area contributed by atoms with Crippen LogP contribution >= 0.6 is 15.9 Å². The molecule has 0 N–H and O–H groups in total. The first-order valence-electron chi connectivity index (χ1n) is 3.59. The summed E-state index contributed by atoms with van der Waals surface area (Å²) in [6.07, 6.45) is 1.88. The number of nitrogens with zero attached hydrogens (tertiary/aromatic N) is 1. The molecule has 0 heterocycles. The molecule has 0 aliphatic heterocycles. The summed E-state index contributed by atoms with van der Waals surface area (Å²) < 4.78 is 1.09. The molecule has 0 saturated heterocycles. The molecule has 0 spiro atoms. The highest BCUT2D eigenvalue weighted by molar-refractivity contribution is 9.10. The maximum atomic E-state index is 4.15. The molecule has 0 amide bonds. The fourth-order valence-corrected chi connectivity index (χ4v) is 1.16. The number of benzene rings is 1. The van der Waals surface area contributed by atoms with Crippen LogP contribution in [0.1, 0.15) is 12.5 Å². The van der Waals surface area contributed by atoms with Gasteiger partial charge < -0.3 is 0 Å². The first-order chi connectivity index (χ1) is 5.34. The van der Waals surface area contributed by atoms with Crippen molar-refractivity contribution in [2.24, 2.45) is 4.99 Å². The molecule has 0 atom stereocenters. The molecule has 1 aromatic rings. The Kier molecular flexibility index (Phi) is 3.30. The summed E-state index contributed by atoms with van der Waals surface area (Å²) >= 11 is 3.44. The van der Waals surface area contributed by atoms with E-state index in [9.17, 15) is 0 Å². The Morgan fingerprint density at radius 2 is 2.18 bits per heavy atom. The number of hydrogen-bond donors (Lipinski definition) is 0. The summed E-state index contributed by atoms with van der Waals surface area (Å²) in [5.41, 5.74) is 1.13.